The Hall–Kier alpha value is -2.23. The second kappa shape index (κ2) is 19.3. The van der Waals surface area contributed by atoms with Crippen LogP contribution in [-0.4, -0.2) is 45.6 Å². The molecule has 0 spiro atoms. The number of hydrogen-bond donors (Lipinski definition) is 1. The van der Waals surface area contributed by atoms with Crippen molar-refractivity contribution in [3.63, 3.8) is 0 Å². The zero-order valence-electron chi connectivity index (χ0n) is 28.8. The second-order valence-corrected chi connectivity index (χ2v) is 13.7. The smallest absolute Gasteiger partial charge is 0.0590 e. The SMILES string of the molecule is C=CN(CCN1CCCC1)/C(=C\C1=CC(=C/CCc2ccc(C(C)(C)F)cc2C(C)(C)F)/[C](=[W])C=C1)C(C)=N.CC.CCC. The molecule has 3 nitrogen and oxygen atoms in total. The van der Waals surface area contributed by atoms with Gasteiger partial charge in [-0.25, -0.2) is 0 Å². The van der Waals surface area contributed by atoms with Crippen LogP contribution in [0.1, 0.15) is 105 Å². The zero-order chi connectivity index (χ0) is 33.5. The van der Waals surface area contributed by atoms with Crippen LogP contribution in [0.25, 0.3) is 0 Å². The number of rotatable bonds is 12. The van der Waals surface area contributed by atoms with Gasteiger partial charge in [0.2, 0.25) is 0 Å². The topological polar surface area (TPSA) is 30.3 Å². The van der Waals surface area contributed by atoms with Crippen LogP contribution in [0.15, 0.2) is 78.2 Å². The van der Waals surface area contributed by atoms with Gasteiger partial charge in [-0.3, -0.25) is 0 Å². The fraction of sp³-hybridized carbons (Fsp3) is 0.526. The van der Waals surface area contributed by atoms with Crippen LogP contribution in [0, 0.1) is 5.41 Å². The molecule has 1 aromatic carbocycles. The Morgan fingerprint density at radius 1 is 1.07 bits per heavy atom. The predicted molar refractivity (Wildman–Crippen MR) is 185 cm³/mol. The third-order valence-corrected chi connectivity index (χ3v) is 8.66. The van der Waals surface area contributed by atoms with Crippen molar-refractivity contribution in [1.29, 1.82) is 5.41 Å². The Labute approximate surface area is 278 Å². The van der Waals surface area contributed by atoms with Crippen LogP contribution in [0.4, 0.5) is 8.78 Å². The molecule has 0 saturated carbocycles. The Morgan fingerprint density at radius 2 is 1.68 bits per heavy atom. The Bertz CT molecular complexity index is 1220. The molecule has 0 amide bonds. The number of hydrogen-bond acceptors (Lipinski definition) is 3. The molecule has 2 aliphatic rings. The molecular weight excluding hydrogens is 720 g/mol. The molecule has 1 fully saturated rings. The maximum Gasteiger partial charge on any atom is -0.0590 e. The molecule has 0 unspecified atom stereocenters. The summed E-state index contributed by atoms with van der Waals surface area (Å²) in [5.41, 5.74) is 2.48. The summed E-state index contributed by atoms with van der Waals surface area (Å²) in [6.45, 7) is 24.2. The Balaban J connectivity index is 0.00000182. The molecule has 0 radical (unpaired) electrons. The molecule has 0 atom stereocenters. The number of alkyl halides is 2. The molecule has 3 rings (SSSR count). The van der Waals surface area contributed by atoms with Crippen molar-refractivity contribution in [3.05, 3.63) is 94.9 Å². The minimum Gasteiger partial charge on any atom is -0.0683 e. The monoisotopic (exact) mass is 777 g/mol. The molecule has 1 aromatic rings. The van der Waals surface area contributed by atoms with Gasteiger partial charge >= 0.3 is 246 Å². The minimum atomic E-state index is -1.55. The molecule has 1 saturated heterocycles. The van der Waals surface area contributed by atoms with E-state index < -0.39 is 11.3 Å². The molecule has 0 bridgehead atoms. The standard InChI is InChI=1S/C33H43F2N3.C3H8.C2H6.W/c1-7-38(21-20-37-18-8-9-19-37)31(25(2)36)23-27-14-10-12-26(22-27)13-11-15-28-16-17-29(32(3,4)34)24-30(28)33(5,6)35;1-3-2;1-2;/h7,10,13-14,16-17,22-24,36H,1,8-9,11,15,18-21H2,2-6H3;3H2,1-2H3;1-2H3;/b26-13+,31-23-,36-25?;;;. The quantitative estimate of drug-likeness (QED) is 0.214. The average Bonchev–Trinajstić information content (AvgIpc) is 3.48. The van der Waals surface area contributed by atoms with E-state index in [-0.39, 0.29) is 0 Å². The maximum absolute atomic E-state index is 15.1. The fourth-order valence-corrected chi connectivity index (χ4v) is 5.80. The second-order valence-electron chi connectivity index (χ2n) is 12.1. The number of aryl methyl sites for hydroxylation is 1. The van der Waals surface area contributed by atoms with Gasteiger partial charge in [-0.1, -0.05) is 34.1 Å². The molecular formula is C38H57F2N3W. The van der Waals surface area contributed by atoms with Gasteiger partial charge in [0.05, 0.1) is 0 Å². The van der Waals surface area contributed by atoms with E-state index in [0.717, 1.165) is 55.0 Å². The summed E-state index contributed by atoms with van der Waals surface area (Å²) < 4.78 is 30.9. The largest absolute Gasteiger partial charge is 0.0683 e. The zero-order valence-corrected chi connectivity index (χ0v) is 31.8. The number of benzene rings is 1. The van der Waals surface area contributed by atoms with Crippen molar-refractivity contribution in [2.45, 2.75) is 106 Å². The van der Waals surface area contributed by atoms with E-state index in [1.165, 1.54) is 70.2 Å². The fourth-order valence-electron chi connectivity index (χ4n) is 5.05. The molecule has 1 heterocycles. The van der Waals surface area contributed by atoms with Crippen LogP contribution in [0.3, 0.4) is 0 Å². The van der Waals surface area contributed by atoms with Gasteiger partial charge in [-0.05, 0) is 0 Å². The van der Waals surface area contributed by atoms with Crippen molar-refractivity contribution in [3.8, 4) is 0 Å². The van der Waals surface area contributed by atoms with Gasteiger partial charge in [-0.15, -0.1) is 0 Å². The number of halogens is 2. The van der Waals surface area contributed by atoms with Crippen LogP contribution >= 0.6 is 0 Å². The normalized spacial score (nSPS) is 16.5. The first-order valence-electron chi connectivity index (χ1n) is 16.3. The van der Waals surface area contributed by atoms with Gasteiger partial charge in [-0.2, -0.15) is 0 Å². The van der Waals surface area contributed by atoms with Gasteiger partial charge < -0.3 is 0 Å². The third-order valence-electron chi connectivity index (χ3n) is 7.32. The molecule has 1 aliphatic carbocycles. The van der Waals surface area contributed by atoms with E-state index in [2.05, 4.69) is 60.6 Å². The van der Waals surface area contributed by atoms with Gasteiger partial charge in [0.25, 0.3) is 0 Å². The van der Waals surface area contributed by atoms with E-state index in [1.54, 1.807) is 12.1 Å². The average molecular weight is 778 g/mol. The van der Waals surface area contributed by atoms with Crippen molar-refractivity contribution < 1.29 is 28.1 Å². The molecule has 6 heteroatoms. The van der Waals surface area contributed by atoms with Gasteiger partial charge in [0.15, 0.2) is 0 Å². The van der Waals surface area contributed by atoms with Crippen LogP contribution in [-0.2, 0) is 37.1 Å². The number of allylic oxidation sites excluding steroid dienone is 8. The molecule has 44 heavy (non-hydrogen) atoms. The van der Waals surface area contributed by atoms with E-state index in [9.17, 15) is 4.39 Å². The molecule has 1 aliphatic heterocycles. The Kier molecular flexibility index (Phi) is 17.5. The van der Waals surface area contributed by atoms with E-state index >= 15 is 4.39 Å². The minimum absolute atomic E-state index is 0.501. The predicted octanol–water partition coefficient (Wildman–Crippen LogP) is 10.1. The summed E-state index contributed by atoms with van der Waals surface area (Å²) in [7, 11) is 0. The van der Waals surface area contributed by atoms with Crippen molar-refractivity contribution in [1.82, 2.24) is 9.80 Å². The number of nitrogens with one attached hydrogen (secondary N) is 1. The molecule has 244 valence electrons. The number of nitrogens with zero attached hydrogens (tertiary/aromatic N) is 2. The van der Waals surface area contributed by atoms with Gasteiger partial charge in [0, 0.05) is 0 Å². The van der Waals surface area contributed by atoms with Gasteiger partial charge in [0.1, 0.15) is 0 Å². The summed E-state index contributed by atoms with van der Waals surface area (Å²) in [6, 6.07) is 5.34. The van der Waals surface area contributed by atoms with Crippen molar-refractivity contribution >= 4 is 9.61 Å². The van der Waals surface area contributed by atoms with E-state index in [1.807, 2.05) is 33.0 Å². The first kappa shape index (κ1) is 39.8. The summed E-state index contributed by atoms with van der Waals surface area (Å²) >= 11 is 1.38. The summed E-state index contributed by atoms with van der Waals surface area (Å²) in [6.07, 6.45) is 17.7. The first-order chi connectivity index (χ1) is 20.7. The van der Waals surface area contributed by atoms with Crippen molar-refractivity contribution in [2.24, 2.45) is 0 Å². The van der Waals surface area contributed by atoms with Crippen LogP contribution in [0.2, 0.25) is 0 Å². The van der Waals surface area contributed by atoms with E-state index in [4.69, 9.17) is 5.41 Å². The third kappa shape index (κ3) is 13.0. The first-order valence-corrected chi connectivity index (χ1v) is 17.7. The molecule has 1 N–H and O–H groups in total. The number of likely N-dealkylation sites (tertiary alicyclic amines) is 1. The van der Waals surface area contributed by atoms with E-state index in [0.29, 0.717) is 23.3 Å². The van der Waals surface area contributed by atoms with Crippen LogP contribution < -0.4 is 0 Å². The Morgan fingerprint density at radius 3 is 2.20 bits per heavy atom. The maximum atomic E-state index is 15.1. The molecule has 0 aromatic heterocycles. The van der Waals surface area contributed by atoms with Crippen LogP contribution in [0.5, 0.6) is 0 Å². The summed E-state index contributed by atoms with van der Waals surface area (Å²) in [5, 5.41) is 8.42. The summed E-state index contributed by atoms with van der Waals surface area (Å²) in [4.78, 5) is 4.55. The van der Waals surface area contributed by atoms with Crippen molar-refractivity contribution in [2.75, 3.05) is 26.2 Å². The summed E-state index contributed by atoms with van der Waals surface area (Å²) in [5.74, 6) is 0.